The summed E-state index contributed by atoms with van der Waals surface area (Å²) >= 11 is -3.80. The summed E-state index contributed by atoms with van der Waals surface area (Å²) in [5, 5.41) is 0. The topological polar surface area (TPSA) is 44.8 Å². The SMILES string of the molecule is CCCC[O][Ce]([CH2][C]=O)([O]CCCC)[O]CCCC. The summed E-state index contributed by atoms with van der Waals surface area (Å²) in [6.45, 7) is 8.25. The molecule has 5 heteroatoms. The van der Waals surface area contributed by atoms with Gasteiger partial charge in [-0.1, -0.05) is 0 Å². The molecule has 1 radical (unpaired) electrons. The van der Waals surface area contributed by atoms with Gasteiger partial charge in [-0.2, -0.15) is 0 Å². The molecule has 113 valence electrons. The van der Waals surface area contributed by atoms with Crippen LogP contribution in [0.2, 0.25) is 1.94 Å². The molecule has 0 bridgehead atoms. The van der Waals surface area contributed by atoms with E-state index in [-0.39, 0.29) is 1.94 Å². The van der Waals surface area contributed by atoms with Gasteiger partial charge in [0.2, 0.25) is 0 Å². The van der Waals surface area contributed by atoms with Crippen molar-refractivity contribution >= 4 is 6.29 Å². The van der Waals surface area contributed by atoms with E-state index >= 15 is 0 Å². The van der Waals surface area contributed by atoms with Gasteiger partial charge in [0.05, 0.1) is 0 Å². The molecule has 0 aromatic carbocycles. The van der Waals surface area contributed by atoms with E-state index in [1.807, 2.05) is 6.29 Å². The van der Waals surface area contributed by atoms with E-state index in [1.54, 1.807) is 0 Å². The quantitative estimate of drug-likeness (QED) is 0.415. The molecule has 0 N–H and O–H groups in total. The van der Waals surface area contributed by atoms with Crippen LogP contribution in [-0.2, 0) is 7.65 Å². The van der Waals surface area contributed by atoms with Crippen molar-refractivity contribution in [2.75, 3.05) is 19.8 Å². The van der Waals surface area contributed by atoms with Crippen LogP contribution in [0.25, 0.3) is 0 Å². The van der Waals surface area contributed by atoms with Crippen molar-refractivity contribution in [2.24, 2.45) is 0 Å². The number of rotatable bonds is 14. The van der Waals surface area contributed by atoms with E-state index in [2.05, 4.69) is 20.8 Å². The predicted molar refractivity (Wildman–Crippen MR) is 73.1 cm³/mol. The molecule has 0 aromatic rings. The van der Waals surface area contributed by atoms with Gasteiger partial charge < -0.3 is 0 Å². The molecular weight excluding hydrogens is 372 g/mol. The Morgan fingerprint density at radius 2 is 1.16 bits per heavy atom. The van der Waals surface area contributed by atoms with E-state index in [0.29, 0.717) is 19.8 Å². The Bertz CT molecular complexity index is 185. The Morgan fingerprint density at radius 1 is 0.789 bits per heavy atom. The van der Waals surface area contributed by atoms with Gasteiger partial charge in [0, 0.05) is 0 Å². The molecule has 0 aliphatic rings. The standard InChI is InChI=1S/3C4H9O.C2H2O.Ce/c3*1-2-3-4-5;1-2-3;/h3*2-4H2,1H3;1H2;/q3*-1;;+3. The number of unbranched alkanes of at least 4 members (excludes halogenated alkanes) is 3. The van der Waals surface area contributed by atoms with Crippen LogP contribution in [0, 0.1) is 35.2 Å². The molecule has 0 saturated carbocycles. The zero-order chi connectivity index (χ0) is 14.4. The Kier molecular flexibility index (Phi) is 14.6. The van der Waals surface area contributed by atoms with Crippen molar-refractivity contribution < 1.29 is 42.8 Å². The Labute approximate surface area is 129 Å². The van der Waals surface area contributed by atoms with Crippen LogP contribution in [0.15, 0.2) is 0 Å². The van der Waals surface area contributed by atoms with Crippen molar-refractivity contribution in [3.05, 3.63) is 0 Å². The average Bonchev–Trinajstić information content (AvgIpc) is 2.40. The summed E-state index contributed by atoms with van der Waals surface area (Å²) in [5.74, 6) is 0. The van der Waals surface area contributed by atoms with Crippen LogP contribution in [0.3, 0.4) is 0 Å². The van der Waals surface area contributed by atoms with Gasteiger partial charge in [0.15, 0.2) is 0 Å². The third-order valence-corrected chi connectivity index (χ3v) is 10.6. The van der Waals surface area contributed by atoms with Crippen LogP contribution in [0.1, 0.15) is 59.3 Å². The van der Waals surface area contributed by atoms with E-state index in [1.165, 1.54) is 0 Å². The molecule has 0 aliphatic heterocycles. The molecular formula is C14H29CeO4. The first-order valence-corrected chi connectivity index (χ1v) is 13.6. The molecule has 0 spiro atoms. The third kappa shape index (κ3) is 10.3. The van der Waals surface area contributed by atoms with Gasteiger partial charge in [-0.15, -0.1) is 0 Å². The Hall–Kier alpha value is 0.927. The van der Waals surface area contributed by atoms with Crippen LogP contribution < -0.4 is 0 Å². The average molecular weight is 401 g/mol. The van der Waals surface area contributed by atoms with Crippen molar-refractivity contribution in [1.82, 2.24) is 0 Å². The molecule has 0 amide bonds. The second kappa shape index (κ2) is 13.9. The first-order valence-electron chi connectivity index (χ1n) is 7.51. The first kappa shape index (κ1) is 19.9. The van der Waals surface area contributed by atoms with Gasteiger partial charge in [-0.25, -0.2) is 0 Å². The second-order valence-electron chi connectivity index (χ2n) is 4.61. The fourth-order valence-electron chi connectivity index (χ4n) is 1.48. The molecule has 0 atom stereocenters. The molecule has 0 aromatic heterocycles. The van der Waals surface area contributed by atoms with E-state index < -0.39 is 35.2 Å². The maximum atomic E-state index is 10.8. The fourth-order valence-corrected chi connectivity index (χ4v) is 8.07. The van der Waals surface area contributed by atoms with Crippen LogP contribution in [-0.4, -0.2) is 26.1 Å². The monoisotopic (exact) mass is 401 g/mol. The summed E-state index contributed by atoms with van der Waals surface area (Å²) in [7, 11) is 0. The summed E-state index contributed by atoms with van der Waals surface area (Å²) in [4.78, 5) is 10.8. The zero-order valence-corrected chi connectivity index (χ0v) is 15.8. The Morgan fingerprint density at radius 3 is 1.42 bits per heavy atom. The van der Waals surface area contributed by atoms with Gasteiger partial charge >= 0.3 is 130 Å². The van der Waals surface area contributed by atoms with Crippen LogP contribution in [0.5, 0.6) is 0 Å². The van der Waals surface area contributed by atoms with Gasteiger partial charge in [-0.3, -0.25) is 0 Å². The second-order valence-corrected chi connectivity index (χ2v) is 12.7. The van der Waals surface area contributed by atoms with Gasteiger partial charge in [0.25, 0.3) is 0 Å². The predicted octanol–water partition coefficient (Wildman–Crippen LogP) is 3.87. The Balaban J connectivity index is 4.42. The van der Waals surface area contributed by atoms with Gasteiger partial charge in [-0.05, 0) is 0 Å². The number of carbonyl (C=O) groups excluding carboxylic acids is 1. The van der Waals surface area contributed by atoms with E-state index in [9.17, 15) is 4.79 Å². The van der Waals surface area contributed by atoms with Crippen LogP contribution >= 0.6 is 0 Å². The maximum absolute atomic E-state index is 10.8. The van der Waals surface area contributed by atoms with E-state index in [4.69, 9.17) is 2.85 Å². The fraction of sp³-hybridized carbons (Fsp3) is 0.929. The van der Waals surface area contributed by atoms with Crippen molar-refractivity contribution in [1.29, 1.82) is 0 Å². The summed E-state index contributed by atoms with van der Waals surface area (Å²) in [6.07, 6.45) is 8.11. The van der Waals surface area contributed by atoms with Gasteiger partial charge in [0.1, 0.15) is 0 Å². The molecule has 4 nitrogen and oxygen atoms in total. The molecule has 0 aliphatic carbocycles. The third-order valence-electron chi connectivity index (χ3n) is 2.75. The molecule has 0 saturated heterocycles. The minimum absolute atomic E-state index is 0.226. The van der Waals surface area contributed by atoms with Crippen LogP contribution in [0.4, 0.5) is 0 Å². The number of hydrogen-bond acceptors (Lipinski definition) is 4. The van der Waals surface area contributed by atoms with Crippen molar-refractivity contribution in [2.45, 2.75) is 61.2 Å². The molecule has 19 heavy (non-hydrogen) atoms. The van der Waals surface area contributed by atoms with Crippen molar-refractivity contribution in [3.63, 3.8) is 0 Å². The summed E-state index contributed by atoms with van der Waals surface area (Å²) in [6, 6.07) is 0. The summed E-state index contributed by atoms with van der Waals surface area (Å²) in [5.41, 5.74) is 0. The van der Waals surface area contributed by atoms with Crippen molar-refractivity contribution in [3.8, 4) is 0 Å². The zero-order valence-electron chi connectivity index (χ0n) is 12.7. The minimum atomic E-state index is -3.80. The number of hydrogen-bond donors (Lipinski definition) is 0. The first-order chi connectivity index (χ1) is 9.24. The molecule has 0 heterocycles. The normalized spacial score (nSPS) is 11.7. The molecule has 0 unspecified atom stereocenters. The summed E-state index contributed by atoms with van der Waals surface area (Å²) < 4.78 is 18.0. The molecule has 0 fully saturated rings. The van der Waals surface area contributed by atoms with E-state index in [0.717, 1.165) is 38.5 Å². The molecule has 0 rings (SSSR count).